The van der Waals surface area contributed by atoms with Crippen LogP contribution in [0.1, 0.15) is 31.2 Å². The van der Waals surface area contributed by atoms with Crippen molar-refractivity contribution in [1.29, 1.82) is 0 Å². The van der Waals surface area contributed by atoms with E-state index >= 15 is 0 Å². The lowest BCUT2D eigenvalue weighted by Gasteiger charge is -2.27. The first-order valence-electron chi connectivity index (χ1n) is 7.99. The summed E-state index contributed by atoms with van der Waals surface area (Å²) in [7, 11) is -3.78. The number of amides is 1. The fraction of sp³-hybridized carbons (Fsp3) is 0.333. The van der Waals surface area contributed by atoms with Crippen molar-refractivity contribution >= 4 is 21.6 Å². The molecular formula is C18H20N2O3S. The summed E-state index contributed by atoms with van der Waals surface area (Å²) in [6.07, 6.45) is 3.68. The Morgan fingerprint density at radius 2 is 1.75 bits per heavy atom. The van der Waals surface area contributed by atoms with Gasteiger partial charge < -0.3 is 5.32 Å². The number of carbonyl (C=O) groups excluding carboxylic acids is 1. The monoisotopic (exact) mass is 344 g/mol. The van der Waals surface area contributed by atoms with E-state index in [1.54, 1.807) is 48.7 Å². The van der Waals surface area contributed by atoms with E-state index in [9.17, 15) is 13.2 Å². The molecule has 24 heavy (non-hydrogen) atoms. The first-order valence-corrected chi connectivity index (χ1v) is 9.48. The van der Waals surface area contributed by atoms with E-state index in [0.717, 1.165) is 18.4 Å². The minimum absolute atomic E-state index is 0.200. The maximum Gasteiger partial charge on any atom is 0.247 e. The Morgan fingerprint density at radius 1 is 1.08 bits per heavy atom. The van der Waals surface area contributed by atoms with Crippen molar-refractivity contribution in [2.45, 2.75) is 42.2 Å². The Hall–Kier alpha value is -2.21. The molecule has 1 aliphatic rings. The molecule has 2 aromatic rings. The van der Waals surface area contributed by atoms with E-state index in [0.29, 0.717) is 18.7 Å². The molecule has 0 unspecified atom stereocenters. The van der Waals surface area contributed by atoms with Crippen molar-refractivity contribution in [3.8, 4) is 0 Å². The third kappa shape index (κ3) is 2.82. The van der Waals surface area contributed by atoms with Crippen LogP contribution < -0.4 is 5.32 Å². The highest BCUT2D eigenvalue weighted by Gasteiger charge is 2.53. The normalized spacial score (nSPS) is 16.7. The van der Waals surface area contributed by atoms with Crippen LogP contribution in [0.4, 0.5) is 5.82 Å². The Labute approximate surface area is 142 Å². The highest BCUT2D eigenvalue weighted by Crippen LogP contribution is 2.41. The number of hydrogen-bond donors (Lipinski definition) is 1. The number of aromatic nitrogens is 1. The molecule has 0 atom stereocenters. The molecule has 0 spiro atoms. The Morgan fingerprint density at radius 3 is 2.33 bits per heavy atom. The second-order valence-electron chi connectivity index (χ2n) is 6.19. The maximum absolute atomic E-state index is 13.2. The first-order chi connectivity index (χ1) is 11.5. The summed E-state index contributed by atoms with van der Waals surface area (Å²) in [5, 5.41) is 2.68. The molecule has 0 saturated heterocycles. The van der Waals surface area contributed by atoms with Gasteiger partial charge in [-0.05, 0) is 44.0 Å². The lowest BCUT2D eigenvalue weighted by molar-refractivity contribution is -0.118. The molecule has 0 radical (unpaired) electrons. The number of hydrogen-bond acceptors (Lipinski definition) is 4. The fourth-order valence-corrected chi connectivity index (χ4v) is 5.24. The molecule has 0 bridgehead atoms. The van der Waals surface area contributed by atoms with Crippen LogP contribution in [0.25, 0.3) is 0 Å². The molecule has 1 heterocycles. The van der Waals surface area contributed by atoms with E-state index in [1.165, 1.54) is 0 Å². The minimum Gasteiger partial charge on any atom is -0.309 e. The van der Waals surface area contributed by atoms with Crippen molar-refractivity contribution in [3.63, 3.8) is 0 Å². The standard InChI is InChI=1S/C18H20N2O3S/c1-14-7-9-15(10-8-14)24(22,23)18(11-3-4-12-18)17(21)20-16-6-2-5-13-19-16/h2,5-10,13H,3-4,11-12H2,1H3,(H,19,20,21). The molecule has 126 valence electrons. The van der Waals surface area contributed by atoms with Gasteiger partial charge in [-0.25, -0.2) is 13.4 Å². The summed E-state index contributed by atoms with van der Waals surface area (Å²) < 4.78 is 25.0. The smallest absolute Gasteiger partial charge is 0.247 e. The van der Waals surface area contributed by atoms with E-state index in [1.807, 2.05) is 6.92 Å². The summed E-state index contributed by atoms with van der Waals surface area (Å²) >= 11 is 0. The Balaban J connectivity index is 1.98. The third-order valence-corrected chi connectivity index (χ3v) is 7.09. The number of benzene rings is 1. The zero-order valence-electron chi connectivity index (χ0n) is 13.5. The van der Waals surface area contributed by atoms with Gasteiger partial charge in [0.25, 0.3) is 0 Å². The third-order valence-electron chi connectivity index (χ3n) is 4.58. The van der Waals surface area contributed by atoms with Gasteiger partial charge in [0, 0.05) is 6.20 Å². The molecule has 1 N–H and O–H groups in total. The largest absolute Gasteiger partial charge is 0.309 e. The average Bonchev–Trinajstić information content (AvgIpc) is 3.08. The Bertz CT molecular complexity index is 824. The highest BCUT2D eigenvalue weighted by atomic mass is 32.2. The van der Waals surface area contributed by atoms with Crippen LogP contribution in [0.15, 0.2) is 53.6 Å². The van der Waals surface area contributed by atoms with Crippen LogP contribution in [0.2, 0.25) is 0 Å². The maximum atomic E-state index is 13.2. The number of nitrogens with zero attached hydrogens (tertiary/aromatic N) is 1. The van der Waals surface area contributed by atoms with Gasteiger partial charge in [-0.3, -0.25) is 4.79 Å². The molecule has 1 aromatic heterocycles. The SMILES string of the molecule is Cc1ccc(S(=O)(=O)C2(C(=O)Nc3ccccn3)CCCC2)cc1. The molecule has 1 aliphatic carbocycles. The number of carbonyl (C=O) groups is 1. The zero-order chi connectivity index (χ0) is 17.2. The van der Waals surface area contributed by atoms with E-state index < -0.39 is 20.5 Å². The van der Waals surface area contributed by atoms with Crippen molar-refractivity contribution in [2.24, 2.45) is 0 Å². The van der Waals surface area contributed by atoms with E-state index in [-0.39, 0.29) is 4.90 Å². The summed E-state index contributed by atoms with van der Waals surface area (Å²) in [5.41, 5.74) is 0.979. The molecule has 1 fully saturated rings. The van der Waals surface area contributed by atoms with Crippen LogP contribution >= 0.6 is 0 Å². The topological polar surface area (TPSA) is 76.1 Å². The second kappa shape index (κ2) is 6.36. The number of pyridine rings is 1. The molecular weight excluding hydrogens is 324 g/mol. The van der Waals surface area contributed by atoms with Crippen LogP contribution in [0.3, 0.4) is 0 Å². The molecule has 1 amide bonds. The number of aryl methyl sites for hydroxylation is 1. The van der Waals surface area contributed by atoms with Crippen LogP contribution in [-0.4, -0.2) is 24.1 Å². The van der Waals surface area contributed by atoms with Gasteiger partial charge >= 0.3 is 0 Å². The molecule has 6 heteroatoms. The fourth-order valence-electron chi connectivity index (χ4n) is 3.17. The van der Waals surface area contributed by atoms with Crippen molar-refractivity contribution in [1.82, 2.24) is 4.98 Å². The second-order valence-corrected chi connectivity index (χ2v) is 8.45. The van der Waals surface area contributed by atoms with Crippen LogP contribution in [0.5, 0.6) is 0 Å². The van der Waals surface area contributed by atoms with Crippen molar-refractivity contribution in [2.75, 3.05) is 5.32 Å². The summed E-state index contributed by atoms with van der Waals surface area (Å²) in [4.78, 5) is 17.2. The molecule has 3 rings (SSSR count). The van der Waals surface area contributed by atoms with Gasteiger partial charge in [-0.1, -0.05) is 36.6 Å². The van der Waals surface area contributed by atoms with E-state index in [2.05, 4.69) is 10.3 Å². The van der Waals surface area contributed by atoms with Crippen molar-refractivity contribution < 1.29 is 13.2 Å². The van der Waals surface area contributed by atoms with Gasteiger partial charge in [-0.15, -0.1) is 0 Å². The average molecular weight is 344 g/mol. The minimum atomic E-state index is -3.78. The first kappa shape index (κ1) is 16.6. The molecule has 0 aliphatic heterocycles. The van der Waals surface area contributed by atoms with Gasteiger partial charge in [0.15, 0.2) is 14.6 Å². The van der Waals surface area contributed by atoms with Gasteiger partial charge in [-0.2, -0.15) is 0 Å². The van der Waals surface area contributed by atoms with Gasteiger partial charge in [0.1, 0.15) is 5.82 Å². The van der Waals surface area contributed by atoms with Gasteiger partial charge in [0.05, 0.1) is 4.90 Å². The van der Waals surface area contributed by atoms with Gasteiger partial charge in [0.2, 0.25) is 5.91 Å². The summed E-state index contributed by atoms with van der Waals surface area (Å²) in [6, 6.07) is 11.8. The predicted octanol–water partition coefficient (Wildman–Crippen LogP) is 3.12. The van der Waals surface area contributed by atoms with Crippen LogP contribution in [-0.2, 0) is 14.6 Å². The summed E-state index contributed by atoms with van der Waals surface area (Å²) in [5.74, 6) is -0.118. The lowest BCUT2D eigenvalue weighted by atomic mass is 10.1. The molecule has 5 nitrogen and oxygen atoms in total. The lowest BCUT2D eigenvalue weighted by Crippen LogP contribution is -2.47. The highest BCUT2D eigenvalue weighted by molar-refractivity contribution is 7.93. The number of anilines is 1. The Kier molecular flexibility index (Phi) is 4.41. The quantitative estimate of drug-likeness (QED) is 0.924. The number of rotatable bonds is 4. The molecule has 1 aromatic carbocycles. The number of nitrogens with one attached hydrogen (secondary N) is 1. The number of sulfone groups is 1. The summed E-state index contributed by atoms with van der Waals surface area (Å²) in [6.45, 7) is 1.90. The zero-order valence-corrected chi connectivity index (χ0v) is 14.3. The molecule has 1 saturated carbocycles. The predicted molar refractivity (Wildman–Crippen MR) is 92.4 cm³/mol. The van der Waals surface area contributed by atoms with Crippen LogP contribution in [0, 0.1) is 6.92 Å². The van der Waals surface area contributed by atoms with E-state index in [4.69, 9.17) is 0 Å². The van der Waals surface area contributed by atoms with Crippen molar-refractivity contribution in [3.05, 3.63) is 54.2 Å².